The summed E-state index contributed by atoms with van der Waals surface area (Å²) in [6.45, 7) is 0. The topological polar surface area (TPSA) is 91.8 Å². The molecule has 0 aliphatic heterocycles. The molecule has 0 saturated heterocycles. The van der Waals surface area contributed by atoms with Crippen LogP contribution in [0.3, 0.4) is 0 Å². The van der Waals surface area contributed by atoms with Gasteiger partial charge in [0.1, 0.15) is 6.07 Å². The summed E-state index contributed by atoms with van der Waals surface area (Å²) >= 11 is 0. The van der Waals surface area contributed by atoms with Gasteiger partial charge < -0.3 is 10.1 Å². The monoisotopic (exact) mass is 129 g/mol. The van der Waals surface area contributed by atoms with Crippen molar-refractivity contribution in [2.45, 2.75) is 0 Å². The summed E-state index contributed by atoms with van der Waals surface area (Å²) in [5, 5.41) is 13.9. The van der Waals surface area contributed by atoms with Crippen LogP contribution >= 0.6 is 0 Å². The van der Waals surface area contributed by atoms with E-state index in [0.717, 1.165) is 6.07 Å². The highest BCUT2D eigenvalue weighted by Crippen LogP contribution is 1.96. The highest BCUT2D eigenvalue weighted by molar-refractivity contribution is 5.12. The van der Waals surface area contributed by atoms with Gasteiger partial charge in [-0.3, -0.25) is 4.79 Å². The van der Waals surface area contributed by atoms with E-state index in [4.69, 9.17) is 0 Å². The third-order valence-electron chi connectivity index (χ3n) is 0.778. The third-order valence-corrected chi connectivity index (χ3v) is 0.778. The first kappa shape index (κ1) is 5.54. The molecule has 0 saturated carbocycles. The molecular weight excluding hydrogens is 126 g/mol. The van der Waals surface area contributed by atoms with Gasteiger partial charge in [0.05, 0.1) is 0 Å². The van der Waals surface area contributed by atoms with Crippen molar-refractivity contribution in [2.24, 2.45) is 0 Å². The second-order valence-corrected chi connectivity index (χ2v) is 1.40. The summed E-state index contributed by atoms with van der Waals surface area (Å²) in [5.41, 5.74) is -0.498. The zero-order chi connectivity index (χ0) is 6.85. The largest absolute Gasteiger partial charge is 0.358 e. The quantitative estimate of drug-likeness (QED) is 0.399. The summed E-state index contributed by atoms with van der Waals surface area (Å²) in [6.07, 6.45) is 0. The van der Waals surface area contributed by atoms with Gasteiger partial charge in [0.2, 0.25) is 0 Å². The van der Waals surface area contributed by atoms with Gasteiger partial charge in [-0.05, 0) is 4.92 Å². The molecule has 0 aliphatic carbocycles. The number of aromatic nitrogens is 2. The lowest BCUT2D eigenvalue weighted by Gasteiger charge is -1.82. The van der Waals surface area contributed by atoms with E-state index in [1.807, 2.05) is 5.10 Å². The molecular formula is C3H3N3O3. The summed E-state index contributed by atoms with van der Waals surface area (Å²) in [5.74, 6) is -0.319. The summed E-state index contributed by atoms with van der Waals surface area (Å²) in [7, 11) is 0. The second kappa shape index (κ2) is 1.73. The van der Waals surface area contributed by atoms with E-state index in [0.29, 0.717) is 0 Å². The van der Waals surface area contributed by atoms with Crippen molar-refractivity contribution >= 4 is 5.82 Å². The van der Waals surface area contributed by atoms with Gasteiger partial charge in [0.25, 0.3) is 5.56 Å². The molecule has 0 amide bonds. The maximum Gasteiger partial charge on any atom is 0.344 e. The predicted octanol–water partition coefficient (Wildman–Crippen LogP) is -0.389. The number of hydrogen-bond donors (Lipinski definition) is 2. The van der Waals surface area contributed by atoms with E-state index < -0.39 is 10.5 Å². The lowest BCUT2D eigenvalue weighted by atomic mass is 10.6. The van der Waals surface area contributed by atoms with Gasteiger partial charge >= 0.3 is 5.82 Å². The van der Waals surface area contributed by atoms with Gasteiger partial charge in [-0.2, -0.15) is 10.2 Å². The van der Waals surface area contributed by atoms with Crippen molar-refractivity contribution in [1.29, 1.82) is 0 Å². The molecule has 0 aromatic carbocycles. The van der Waals surface area contributed by atoms with Crippen molar-refractivity contribution in [3.05, 3.63) is 26.5 Å². The fourth-order valence-electron chi connectivity index (χ4n) is 0.420. The predicted molar refractivity (Wildman–Crippen MR) is 28.1 cm³/mol. The number of H-pyrrole nitrogens is 2. The fourth-order valence-corrected chi connectivity index (χ4v) is 0.420. The van der Waals surface area contributed by atoms with Gasteiger partial charge in [-0.1, -0.05) is 0 Å². The van der Waals surface area contributed by atoms with Crippen molar-refractivity contribution in [2.75, 3.05) is 0 Å². The molecule has 1 heterocycles. The molecule has 0 atom stereocenters. The minimum atomic E-state index is -0.683. The molecule has 0 radical (unpaired) electrons. The molecule has 0 bridgehead atoms. The van der Waals surface area contributed by atoms with E-state index in [1.165, 1.54) is 0 Å². The highest BCUT2D eigenvalue weighted by Gasteiger charge is 2.03. The first-order valence-corrected chi connectivity index (χ1v) is 2.12. The maximum atomic E-state index is 10.2. The number of aromatic amines is 2. The standard InChI is InChI=1S/C3H3N3O3/c7-3-1-2(4-5-3)6(8)9/h1H,(H2,4,5,7). The lowest BCUT2D eigenvalue weighted by Crippen LogP contribution is -1.93. The molecule has 6 heteroatoms. The fraction of sp³-hybridized carbons (Fsp3) is 0. The van der Waals surface area contributed by atoms with Gasteiger partial charge in [-0.25, -0.2) is 0 Å². The number of rotatable bonds is 1. The van der Waals surface area contributed by atoms with E-state index in [9.17, 15) is 14.9 Å². The Kier molecular flexibility index (Phi) is 1.07. The van der Waals surface area contributed by atoms with Crippen molar-refractivity contribution in [1.82, 2.24) is 10.2 Å². The molecule has 0 unspecified atom stereocenters. The van der Waals surface area contributed by atoms with Crippen LogP contribution in [0.15, 0.2) is 10.9 Å². The first-order chi connectivity index (χ1) is 4.20. The number of nitrogens with one attached hydrogen (secondary N) is 2. The van der Waals surface area contributed by atoms with Crippen LogP contribution in [-0.2, 0) is 0 Å². The molecule has 9 heavy (non-hydrogen) atoms. The Balaban J connectivity index is 3.12. The van der Waals surface area contributed by atoms with Gasteiger partial charge in [0.15, 0.2) is 0 Å². The van der Waals surface area contributed by atoms with E-state index >= 15 is 0 Å². The average molecular weight is 129 g/mol. The Hall–Kier alpha value is -1.59. The first-order valence-electron chi connectivity index (χ1n) is 2.12. The Bertz CT molecular complexity index is 272. The maximum absolute atomic E-state index is 10.2. The molecule has 2 N–H and O–H groups in total. The second-order valence-electron chi connectivity index (χ2n) is 1.40. The van der Waals surface area contributed by atoms with Crippen LogP contribution in [-0.4, -0.2) is 15.1 Å². The minimum absolute atomic E-state index is 0.319. The van der Waals surface area contributed by atoms with Crippen molar-refractivity contribution < 1.29 is 4.92 Å². The van der Waals surface area contributed by atoms with Gasteiger partial charge in [0, 0.05) is 0 Å². The van der Waals surface area contributed by atoms with E-state index in [1.54, 1.807) is 0 Å². The molecule has 6 nitrogen and oxygen atoms in total. The average Bonchev–Trinajstić information content (AvgIpc) is 2.14. The van der Waals surface area contributed by atoms with Crippen LogP contribution in [0.2, 0.25) is 0 Å². The smallest absolute Gasteiger partial charge is 0.344 e. The molecule has 1 rings (SSSR count). The van der Waals surface area contributed by atoms with Crippen LogP contribution in [0.4, 0.5) is 5.82 Å². The molecule has 0 aliphatic rings. The SMILES string of the molecule is O=c1cc([N+](=O)[O-])[nH][nH]1. The van der Waals surface area contributed by atoms with Crippen LogP contribution in [0.5, 0.6) is 0 Å². The third kappa shape index (κ3) is 0.958. The minimum Gasteiger partial charge on any atom is -0.358 e. The number of nitrogens with zero attached hydrogens (tertiary/aromatic N) is 1. The van der Waals surface area contributed by atoms with E-state index in [-0.39, 0.29) is 5.82 Å². The Morgan fingerprint density at radius 2 is 2.22 bits per heavy atom. The molecule has 48 valence electrons. The van der Waals surface area contributed by atoms with Crippen LogP contribution < -0.4 is 5.56 Å². The molecule has 0 spiro atoms. The zero-order valence-corrected chi connectivity index (χ0v) is 4.25. The molecule has 1 aromatic heterocycles. The Labute approximate surface area is 48.6 Å². The lowest BCUT2D eigenvalue weighted by molar-refractivity contribution is -0.389. The van der Waals surface area contributed by atoms with Crippen LogP contribution in [0.1, 0.15) is 0 Å². The van der Waals surface area contributed by atoms with E-state index in [2.05, 4.69) is 5.10 Å². The highest BCUT2D eigenvalue weighted by atomic mass is 16.6. The number of hydrogen-bond acceptors (Lipinski definition) is 3. The summed E-state index contributed by atoms with van der Waals surface area (Å²) < 4.78 is 0. The number of nitro groups is 1. The molecule has 1 aromatic rings. The molecule has 0 fully saturated rings. The summed E-state index contributed by atoms with van der Waals surface area (Å²) in [4.78, 5) is 19.4. The van der Waals surface area contributed by atoms with Crippen LogP contribution in [0.25, 0.3) is 0 Å². The van der Waals surface area contributed by atoms with Crippen molar-refractivity contribution in [3.63, 3.8) is 0 Å². The normalized spacial score (nSPS) is 9.33. The van der Waals surface area contributed by atoms with Crippen LogP contribution in [0, 0.1) is 10.1 Å². The van der Waals surface area contributed by atoms with Gasteiger partial charge in [-0.15, -0.1) is 0 Å². The van der Waals surface area contributed by atoms with Crippen molar-refractivity contribution in [3.8, 4) is 0 Å². The Morgan fingerprint density at radius 3 is 2.44 bits per heavy atom. The zero-order valence-electron chi connectivity index (χ0n) is 4.25. The summed E-state index contributed by atoms with van der Waals surface area (Å²) in [6, 6.07) is 0.875. The Morgan fingerprint density at radius 1 is 1.56 bits per heavy atom.